The molecule has 2 aliphatic heterocycles. The number of rotatable bonds is 6. The lowest BCUT2D eigenvalue weighted by Gasteiger charge is -2.30. The summed E-state index contributed by atoms with van der Waals surface area (Å²) in [5, 5.41) is 3.56. The molecule has 3 aliphatic rings. The van der Waals surface area contributed by atoms with Crippen molar-refractivity contribution in [2.45, 2.75) is 56.7 Å². The monoisotopic (exact) mass is 379 g/mol. The van der Waals surface area contributed by atoms with Gasteiger partial charge in [0.1, 0.15) is 5.82 Å². The molecule has 3 fully saturated rings. The van der Waals surface area contributed by atoms with Crippen LogP contribution in [0.3, 0.4) is 0 Å². The molecule has 2 heterocycles. The first-order valence-corrected chi connectivity index (χ1v) is 10.2. The van der Waals surface area contributed by atoms with Crippen molar-refractivity contribution in [2.24, 2.45) is 0 Å². The predicted molar refractivity (Wildman–Crippen MR) is 101 cm³/mol. The molecule has 0 aromatic heterocycles. The Bertz CT molecular complexity index is 640. The number of hydrogen-bond donors (Lipinski definition) is 1. The highest BCUT2D eigenvalue weighted by molar-refractivity contribution is 6.31. The third-order valence-corrected chi connectivity index (χ3v) is 6.33. The van der Waals surface area contributed by atoms with Gasteiger partial charge >= 0.3 is 0 Å². The lowest BCUT2D eigenvalue weighted by Crippen LogP contribution is -2.46. The molecule has 1 N–H and O–H groups in total. The number of nitrogens with zero attached hydrogens (tertiary/aromatic N) is 2. The highest BCUT2D eigenvalue weighted by Gasteiger charge is 2.40. The van der Waals surface area contributed by atoms with Crippen LogP contribution in [0.25, 0.3) is 0 Å². The van der Waals surface area contributed by atoms with Gasteiger partial charge in [0.15, 0.2) is 0 Å². The van der Waals surface area contributed by atoms with E-state index in [-0.39, 0.29) is 23.8 Å². The summed E-state index contributed by atoms with van der Waals surface area (Å²) in [4.78, 5) is 17.4. The summed E-state index contributed by atoms with van der Waals surface area (Å²) >= 11 is 6.33. The van der Waals surface area contributed by atoms with Crippen molar-refractivity contribution in [1.29, 1.82) is 0 Å². The lowest BCUT2D eigenvalue weighted by molar-refractivity contribution is -0.125. The van der Waals surface area contributed by atoms with Gasteiger partial charge < -0.3 is 5.32 Å². The summed E-state index contributed by atoms with van der Waals surface area (Å²) in [6.45, 7) is 3.28. The topological polar surface area (TPSA) is 35.6 Å². The Morgan fingerprint density at radius 2 is 1.96 bits per heavy atom. The molecule has 26 heavy (non-hydrogen) atoms. The predicted octanol–water partition coefficient (Wildman–Crippen LogP) is 3.36. The molecule has 4 rings (SSSR count). The molecule has 1 aliphatic carbocycles. The van der Waals surface area contributed by atoms with Crippen LogP contribution in [0.4, 0.5) is 4.39 Å². The van der Waals surface area contributed by atoms with Crippen LogP contribution in [0.2, 0.25) is 5.02 Å². The number of hydrogen-bond acceptors (Lipinski definition) is 3. The van der Waals surface area contributed by atoms with Gasteiger partial charge in [-0.25, -0.2) is 4.39 Å². The van der Waals surface area contributed by atoms with Gasteiger partial charge in [0.05, 0.1) is 12.1 Å². The number of halogens is 2. The largest absolute Gasteiger partial charge is 0.353 e. The van der Waals surface area contributed by atoms with E-state index in [2.05, 4.69) is 15.1 Å². The molecule has 1 aromatic rings. The summed E-state index contributed by atoms with van der Waals surface area (Å²) in [6, 6.07) is 5.20. The van der Waals surface area contributed by atoms with Crippen molar-refractivity contribution in [3.63, 3.8) is 0 Å². The van der Waals surface area contributed by atoms with Gasteiger partial charge in [-0.3, -0.25) is 14.6 Å². The van der Waals surface area contributed by atoms with E-state index < -0.39 is 0 Å². The minimum Gasteiger partial charge on any atom is -0.353 e. The van der Waals surface area contributed by atoms with Crippen LogP contribution in [0.1, 0.15) is 50.1 Å². The molecule has 0 bridgehead atoms. The Hall–Kier alpha value is -1.17. The second kappa shape index (κ2) is 7.83. The van der Waals surface area contributed by atoms with Crippen molar-refractivity contribution in [3.05, 3.63) is 34.6 Å². The first kappa shape index (κ1) is 18.2. The van der Waals surface area contributed by atoms with Gasteiger partial charge in [-0.15, -0.1) is 0 Å². The summed E-state index contributed by atoms with van der Waals surface area (Å²) in [7, 11) is 0. The van der Waals surface area contributed by atoms with E-state index >= 15 is 0 Å². The maximum atomic E-state index is 14.5. The zero-order valence-electron chi connectivity index (χ0n) is 15.1. The summed E-state index contributed by atoms with van der Waals surface area (Å²) in [6.07, 6.45) is 6.65. The van der Waals surface area contributed by atoms with Crippen LogP contribution >= 0.6 is 11.6 Å². The minimum atomic E-state index is -0.288. The van der Waals surface area contributed by atoms with E-state index in [0.717, 1.165) is 45.3 Å². The molecule has 6 heteroatoms. The Morgan fingerprint density at radius 1 is 1.19 bits per heavy atom. The molecule has 1 aromatic carbocycles. The molecule has 4 nitrogen and oxygen atoms in total. The smallest absolute Gasteiger partial charge is 0.237 e. The van der Waals surface area contributed by atoms with E-state index in [9.17, 15) is 9.18 Å². The van der Waals surface area contributed by atoms with Crippen molar-refractivity contribution in [2.75, 3.05) is 26.2 Å². The fraction of sp³-hybridized carbons (Fsp3) is 0.650. The SMILES string of the molecule is O=C(NCC(c1c(F)cccc1Cl)N1CCCC1)C1CCCN1C1CC1. The summed E-state index contributed by atoms with van der Waals surface area (Å²) < 4.78 is 14.5. The van der Waals surface area contributed by atoms with Crippen LogP contribution < -0.4 is 5.32 Å². The van der Waals surface area contributed by atoms with Crippen LogP contribution in [-0.2, 0) is 4.79 Å². The molecule has 0 spiro atoms. The standard InChI is InChI=1S/C20H27ClFN3O/c21-15-5-3-6-16(22)19(15)18(24-10-1-2-11-24)13-23-20(26)17-7-4-12-25(17)14-8-9-14/h3,5-6,14,17-18H,1-2,4,7-13H2,(H,23,26). The van der Waals surface area contributed by atoms with Gasteiger partial charge in [-0.1, -0.05) is 17.7 Å². The van der Waals surface area contributed by atoms with E-state index in [4.69, 9.17) is 11.6 Å². The van der Waals surface area contributed by atoms with Gasteiger partial charge in [0, 0.05) is 23.2 Å². The molecular weight excluding hydrogens is 353 g/mol. The number of benzene rings is 1. The van der Waals surface area contributed by atoms with E-state index in [1.54, 1.807) is 12.1 Å². The minimum absolute atomic E-state index is 0.0159. The lowest BCUT2D eigenvalue weighted by atomic mass is 10.0. The van der Waals surface area contributed by atoms with Crippen molar-refractivity contribution < 1.29 is 9.18 Å². The quantitative estimate of drug-likeness (QED) is 0.823. The van der Waals surface area contributed by atoms with Crippen LogP contribution in [0.5, 0.6) is 0 Å². The number of likely N-dealkylation sites (tertiary alicyclic amines) is 2. The Morgan fingerprint density at radius 3 is 2.65 bits per heavy atom. The van der Waals surface area contributed by atoms with Crippen LogP contribution in [0.15, 0.2) is 18.2 Å². The zero-order chi connectivity index (χ0) is 18.1. The summed E-state index contributed by atoms with van der Waals surface area (Å²) in [5.41, 5.74) is 0.516. The first-order chi connectivity index (χ1) is 12.6. The fourth-order valence-electron chi connectivity index (χ4n) is 4.52. The maximum Gasteiger partial charge on any atom is 0.237 e. The molecule has 0 radical (unpaired) electrons. The highest BCUT2D eigenvalue weighted by atomic mass is 35.5. The van der Waals surface area contributed by atoms with Gasteiger partial charge in [-0.05, 0) is 70.3 Å². The molecule has 2 atom stereocenters. The average molecular weight is 380 g/mol. The van der Waals surface area contributed by atoms with E-state index in [0.29, 0.717) is 23.2 Å². The first-order valence-electron chi connectivity index (χ1n) is 9.86. The molecule has 2 unspecified atom stereocenters. The Labute approximate surface area is 159 Å². The molecule has 1 saturated carbocycles. The molecule has 2 saturated heterocycles. The van der Waals surface area contributed by atoms with Crippen LogP contribution in [0, 0.1) is 5.82 Å². The second-order valence-electron chi connectivity index (χ2n) is 7.77. The van der Waals surface area contributed by atoms with Gasteiger partial charge in [0.25, 0.3) is 0 Å². The third kappa shape index (κ3) is 3.75. The van der Waals surface area contributed by atoms with Gasteiger partial charge in [0.2, 0.25) is 5.91 Å². The summed E-state index contributed by atoms with van der Waals surface area (Å²) in [5.74, 6) is -0.199. The molecular formula is C20H27ClFN3O. The highest BCUT2D eigenvalue weighted by Crippen LogP contribution is 2.34. The Kier molecular flexibility index (Phi) is 5.48. The van der Waals surface area contributed by atoms with E-state index in [1.807, 2.05) is 0 Å². The Balaban J connectivity index is 1.47. The van der Waals surface area contributed by atoms with Crippen molar-refractivity contribution >= 4 is 17.5 Å². The van der Waals surface area contributed by atoms with Crippen molar-refractivity contribution in [3.8, 4) is 0 Å². The normalized spacial score (nSPS) is 25.5. The second-order valence-corrected chi connectivity index (χ2v) is 8.17. The van der Waals surface area contributed by atoms with E-state index in [1.165, 1.54) is 18.9 Å². The molecule has 142 valence electrons. The van der Waals surface area contributed by atoms with Gasteiger partial charge in [-0.2, -0.15) is 0 Å². The number of carbonyl (C=O) groups excluding carboxylic acids is 1. The third-order valence-electron chi connectivity index (χ3n) is 6.00. The number of carbonyl (C=O) groups is 1. The molecule has 1 amide bonds. The fourth-order valence-corrected chi connectivity index (χ4v) is 4.81. The number of amides is 1. The average Bonchev–Trinajstić information content (AvgIpc) is 3.11. The maximum absolute atomic E-state index is 14.5. The number of nitrogens with one attached hydrogen (secondary N) is 1. The van der Waals surface area contributed by atoms with Crippen molar-refractivity contribution in [1.82, 2.24) is 15.1 Å². The van der Waals surface area contributed by atoms with Crippen LogP contribution in [-0.4, -0.2) is 54.0 Å². The zero-order valence-corrected chi connectivity index (χ0v) is 15.8.